The molecule has 120 valence electrons. The van der Waals surface area contributed by atoms with Crippen LogP contribution in [-0.2, 0) is 16.0 Å². The zero-order valence-corrected chi connectivity index (χ0v) is 14.2. The van der Waals surface area contributed by atoms with Gasteiger partial charge in [-0.1, -0.05) is 12.1 Å². The minimum absolute atomic E-state index is 0.0211. The van der Waals surface area contributed by atoms with E-state index in [4.69, 9.17) is 0 Å². The lowest BCUT2D eigenvalue weighted by atomic mass is 10.1. The quantitative estimate of drug-likeness (QED) is 0.938. The number of aryl methyl sites for hydroxylation is 2. The smallest absolute Gasteiger partial charge is 0.229 e. The number of thiophene rings is 1. The van der Waals surface area contributed by atoms with Crippen molar-refractivity contribution >= 4 is 28.8 Å². The fourth-order valence-electron chi connectivity index (χ4n) is 2.80. The number of hydrogen-bond donors (Lipinski definition) is 1. The molecule has 2 aromatic rings. The number of nitrogens with one attached hydrogen (secondary N) is 1. The van der Waals surface area contributed by atoms with Crippen LogP contribution in [0.25, 0.3) is 0 Å². The van der Waals surface area contributed by atoms with Crippen molar-refractivity contribution < 1.29 is 9.59 Å². The Kier molecular flexibility index (Phi) is 4.48. The molecule has 1 aliphatic heterocycles. The van der Waals surface area contributed by atoms with E-state index in [1.807, 2.05) is 42.6 Å². The minimum Gasteiger partial charge on any atom is -0.351 e. The standard InChI is InChI=1S/C18H20N2O2S/c1-12-5-6-15(8-13(12)2)20-11-14(9-18(20)22)19-17(21)10-16-4-3-7-23-16/h3-8,14H,9-11H2,1-2H3,(H,19,21)/t14-/m0/s1. The molecule has 0 saturated carbocycles. The van der Waals surface area contributed by atoms with E-state index < -0.39 is 0 Å². The zero-order valence-electron chi connectivity index (χ0n) is 13.3. The van der Waals surface area contributed by atoms with Crippen molar-refractivity contribution in [3.63, 3.8) is 0 Å². The molecule has 23 heavy (non-hydrogen) atoms. The van der Waals surface area contributed by atoms with Crippen LogP contribution in [0.4, 0.5) is 5.69 Å². The molecule has 5 heteroatoms. The molecule has 1 N–H and O–H groups in total. The zero-order chi connectivity index (χ0) is 16.4. The van der Waals surface area contributed by atoms with Gasteiger partial charge in [-0.2, -0.15) is 0 Å². The Labute approximate surface area is 140 Å². The van der Waals surface area contributed by atoms with Gasteiger partial charge in [-0.25, -0.2) is 0 Å². The van der Waals surface area contributed by atoms with E-state index in [1.165, 1.54) is 11.1 Å². The van der Waals surface area contributed by atoms with Gasteiger partial charge in [-0.15, -0.1) is 11.3 Å². The summed E-state index contributed by atoms with van der Waals surface area (Å²) in [6.07, 6.45) is 0.745. The molecule has 0 spiro atoms. The normalized spacial score (nSPS) is 17.6. The highest BCUT2D eigenvalue weighted by Crippen LogP contribution is 2.24. The first-order chi connectivity index (χ1) is 11.0. The molecule has 1 saturated heterocycles. The van der Waals surface area contributed by atoms with Crippen molar-refractivity contribution in [2.24, 2.45) is 0 Å². The van der Waals surface area contributed by atoms with Gasteiger partial charge in [0.2, 0.25) is 11.8 Å². The van der Waals surface area contributed by atoms with Gasteiger partial charge in [-0.3, -0.25) is 9.59 Å². The lowest BCUT2D eigenvalue weighted by Crippen LogP contribution is -2.37. The van der Waals surface area contributed by atoms with Gasteiger partial charge in [0.1, 0.15) is 0 Å². The second-order valence-electron chi connectivity index (χ2n) is 6.00. The van der Waals surface area contributed by atoms with Gasteiger partial charge >= 0.3 is 0 Å². The molecule has 1 aromatic heterocycles. The minimum atomic E-state index is -0.114. The van der Waals surface area contributed by atoms with E-state index in [0.717, 1.165) is 10.6 Å². The molecule has 0 aliphatic carbocycles. The molecule has 0 radical (unpaired) electrons. The lowest BCUT2D eigenvalue weighted by molar-refractivity contribution is -0.121. The summed E-state index contributed by atoms with van der Waals surface area (Å²) in [5, 5.41) is 4.94. The first-order valence-electron chi connectivity index (χ1n) is 7.72. The van der Waals surface area contributed by atoms with E-state index >= 15 is 0 Å². The number of amides is 2. The second-order valence-corrected chi connectivity index (χ2v) is 7.03. The molecule has 1 fully saturated rings. The third-order valence-corrected chi connectivity index (χ3v) is 5.08. The van der Waals surface area contributed by atoms with Gasteiger partial charge in [0, 0.05) is 23.5 Å². The maximum Gasteiger partial charge on any atom is 0.229 e. The number of rotatable bonds is 4. The van der Waals surface area contributed by atoms with Crippen molar-refractivity contribution in [1.82, 2.24) is 5.32 Å². The van der Waals surface area contributed by atoms with Gasteiger partial charge < -0.3 is 10.2 Å². The maximum absolute atomic E-state index is 12.3. The topological polar surface area (TPSA) is 49.4 Å². The van der Waals surface area contributed by atoms with Gasteiger partial charge in [-0.05, 0) is 48.6 Å². The molecule has 1 aliphatic rings. The summed E-state index contributed by atoms with van der Waals surface area (Å²) in [6, 6.07) is 9.80. The lowest BCUT2D eigenvalue weighted by Gasteiger charge is -2.18. The van der Waals surface area contributed by atoms with Crippen molar-refractivity contribution in [3.8, 4) is 0 Å². The van der Waals surface area contributed by atoms with Crippen LogP contribution < -0.4 is 10.2 Å². The third-order valence-electron chi connectivity index (χ3n) is 4.21. The van der Waals surface area contributed by atoms with Crippen LogP contribution in [0.3, 0.4) is 0 Å². The number of carbonyl (C=O) groups excluding carboxylic acids is 2. The largest absolute Gasteiger partial charge is 0.351 e. The Balaban J connectivity index is 1.62. The molecular weight excluding hydrogens is 308 g/mol. The molecule has 0 bridgehead atoms. The Morgan fingerprint density at radius 1 is 1.30 bits per heavy atom. The maximum atomic E-state index is 12.3. The van der Waals surface area contributed by atoms with Crippen LogP contribution in [0.2, 0.25) is 0 Å². The SMILES string of the molecule is Cc1ccc(N2C[C@@H](NC(=O)Cc3cccs3)CC2=O)cc1C. The highest BCUT2D eigenvalue weighted by molar-refractivity contribution is 7.10. The Bertz CT molecular complexity index is 725. The molecule has 1 aromatic carbocycles. The number of benzene rings is 1. The third kappa shape index (κ3) is 3.62. The molecular formula is C18H20N2O2S. The summed E-state index contributed by atoms with van der Waals surface area (Å²) in [5.41, 5.74) is 3.29. The van der Waals surface area contributed by atoms with Crippen LogP contribution in [-0.4, -0.2) is 24.4 Å². The van der Waals surface area contributed by atoms with Crippen molar-refractivity contribution in [1.29, 1.82) is 0 Å². The fraction of sp³-hybridized carbons (Fsp3) is 0.333. The monoisotopic (exact) mass is 328 g/mol. The summed E-state index contributed by atoms with van der Waals surface area (Å²) < 4.78 is 0. The molecule has 0 unspecified atom stereocenters. The Hall–Kier alpha value is -2.14. The number of anilines is 1. The highest BCUT2D eigenvalue weighted by Gasteiger charge is 2.31. The molecule has 2 amide bonds. The fourth-order valence-corrected chi connectivity index (χ4v) is 3.50. The van der Waals surface area contributed by atoms with Crippen LogP contribution in [0.5, 0.6) is 0 Å². The predicted molar refractivity (Wildman–Crippen MR) is 92.8 cm³/mol. The number of nitrogens with zero attached hydrogens (tertiary/aromatic N) is 1. The van der Waals surface area contributed by atoms with Crippen LogP contribution in [0.1, 0.15) is 22.4 Å². The molecule has 2 heterocycles. The number of hydrogen-bond acceptors (Lipinski definition) is 3. The van der Waals surface area contributed by atoms with Gasteiger partial charge in [0.05, 0.1) is 12.5 Å². The van der Waals surface area contributed by atoms with Crippen molar-refractivity contribution in [3.05, 3.63) is 51.7 Å². The summed E-state index contributed by atoms with van der Waals surface area (Å²) in [4.78, 5) is 27.1. The second kappa shape index (κ2) is 6.54. The first kappa shape index (κ1) is 15.7. The van der Waals surface area contributed by atoms with E-state index in [-0.39, 0.29) is 17.9 Å². The van der Waals surface area contributed by atoms with Crippen LogP contribution >= 0.6 is 11.3 Å². The van der Waals surface area contributed by atoms with Crippen LogP contribution in [0, 0.1) is 13.8 Å². The first-order valence-corrected chi connectivity index (χ1v) is 8.60. The van der Waals surface area contributed by atoms with Crippen molar-refractivity contribution in [2.75, 3.05) is 11.4 Å². The van der Waals surface area contributed by atoms with E-state index in [0.29, 0.717) is 19.4 Å². The Morgan fingerprint density at radius 2 is 2.13 bits per heavy atom. The predicted octanol–water partition coefficient (Wildman–Crippen LogP) is 2.83. The van der Waals surface area contributed by atoms with E-state index in [9.17, 15) is 9.59 Å². The van der Waals surface area contributed by atoms with Crippen LogP contribution in [0.15, 0.2) is 35.7 Å². The summed E-state index contributed by atoms with van der Waals surface area (Å²) in [6.45, 7) is 4.63. The highest BCUT2D eigenvalue weighted by atomic mass is 32.1. The average molecular weight is 328 g/mol. The van der Waals surface area contributed by atoms with Gasteiger partial charge in [0.25, 0.3) is 0 Å². The number of carbonyl (C=O) groups is 2. The van der Waals surface area contributed by atoms with E-state index in [1.54, 1.807) is 16.2 Å². The summed E-state index contributed by atoms with van der Waals surface area (Å²) in [5.74, 6) is 0.0434. The molecule has 3 rings (SSSR count). The average Bonchev–Trinajstić information content (AvgIpc) is 3.12. The molecule has 1 atom stereocenters. The van der Waals surface area contributed by atoms with Crippen molar-refractivity contribution in [2.45, 2.75) is 32.7 Å². The molecule has 4 nitrogen and oxygen atoms in total. The Morgan fingerprint density at radius 3 is 2.83 bits per heavy atom. The van der Waals surface area contributed by atoms with E-state index in [2.05, 4.69) is 12.2 Å². The summed E-state index contributed by atoms with van der Waals surface area (Å²) >= 11 is 1.57. The van der Waals surface area contributed by atoms with Gasteiger partial charge in [0.15, 0.2) is 0 Å². The summed E-state index contributed by atoms with van der Waals surface area (Å²) in [7, 11) is 0.